The fraction of sp³-hybridized carbons (Fsp3) is 0.364. The normalized spacial score (nSPS) is 12.6. The number of aromatic nitrogens is 2. The molecule has 1 unspecified atom stereocenters. The molecule has 1 heterocycles. The number of benzene rings is 1. The summed E-state index contributed by atoms with van der Waals surface area (Å²) in [6, 6.07) is 5.52. The van der Waals surface area contributed by atoms with Gasteiger partial charge in [-0.2, -0.15) is 0 Å². The average molecular weight is 237 g/mol. The van der Waals surface area contributed by atoms with Crippen LogP contribution in [0.2, 0.25) is 0 Å². The van der Waals surface area contributed by atoms with Crippen LogP contribution in [0.15, 0.2) is 18.2 Å². The number of aliphatic hydroxyl groups is 2. The Morgan fingerprint density at radius 3 is 3.06 bits per heavy atom. The second-order valence-electron chi connectivity index (χ2n) is 3.69. The van der Waals surface area contributed by atoms with Crippen molar-refractivity contribution in [3.05, 3.63) is 18.2 Å². The molecule has 0 aliphatic carbocycles. The molecule has 0 aliphatic rings. The van der Waals surface area contributed by atoms with E-state index in [-0.39, 0.29) is 13.2 Å². The minimum atomic E-state index is -0.794. The molecule has 6 nitrogen and oxygen atoms in total. The van der Waals surface area contributed by atoms with Crippen LogP contribution >= 0.6 is 0 Å². The molecule has 0 fully saturated rings. The van der Waals surface area contributed by atoms with Crippen molar-refractivity contribution in [1.29, 1.82) is 0 Å². The number of methoxy groups -OCH3 is 1. The molecule has 92 valence electrons. The van der Waals surface area contributed by atoms with Crippen LogP contribution in [0.4, 0.5) is 5.95 Å². The van der Waals surface area contributed by atoms with E-state index in [0.717, 1.165) is 16.8 Å². The number of ether oxygens (including phenoxy) is 1. The Balaban J connectivity index is 2.14. The molecule has 1 aromatic carbocycles. The van der Waals surface area contributed by atoms with Gasteiger partial charge in [-0.25, -0.2) is 4.98 Å². The third-order valence-corrected chi connectivity index (χ3v) is 2.40. The molecule has 2 rings (SSSR count). The van der Waals surface area contributed by atoms with Gasteiger partial charge in [0, 0.05) is 12.6 Å². The third-order valence-electron chi connectivity index (χ3n) is 2.40. The fourth-order valence-corrected chi connectivity index (χ4v) is 1.48. The zero-order valence-electron chi connectivity index (χ0n) is 9.47. The number of hydrogen-bond acceptors (Lipinski definition) is 5. The Kier molecular flexibility index (Phi) is 3.46. The van der Waals surface area contributed by atoms with E-state index in [9.17, 15) is 5.11 Å². The molecule has 6 heteroatoms. The molecule has 2 aromatic rings. The highest BCUT2D eigenvalue weighted by Gasteiger charge is 2.06. The lowest BCUT2D eigenvalue weighted by molar-refractivity contribution is 0.105. The molecular formula is C11H15N3O3. The van der Waals surface area contributed by atoms with E-state index in [1.807, 2.05) is 18.2 Å². The number of imidazole rings is 1. The summed E-state index contributed by atoms with van der Waals surface area (Å²) in [6.45, 7) is -0.0332. The number of rotatable bonds is 5. The van der Waals surface area contributed by atoms with Crippen LogP contribution in [-0.2, 0) is 0 Å². The Labute approximate surface area is 98.3 Å². The van der Waals surface area contributed by atoms with Crippen molar-refractivity contribution in [2.24, 2.45) is 0 Å². The summed E-state index contributed by atoms with van der Waals surface area (Å²) in [5.41, 5.74) is 1.66. The number of nitrogens with one attached hydrogen (secondary N) is 2. The first-order valence-electron chi connectivity index (χ1n) is 5.29. The van der Waals surface area contributed by atoms with Gasteiger partial charge >= 0.3 is 0 Å². The second-order valence-corrected chi connectivity index (χ2v) is 3.69. The van der Waals surface area contributed by atoms with Gasteiger partial charge in [-0.15, -0.1) is 0 Å². The molecule has 1 atom stereocenters. The van der Waals surface area contributed by atoms with Crippen LogP contribution in [0.3, 0.4) is 0 Å². The van der Waals surface area contributed by atoms with Gasteiger partial charge in [0.05, 0.1) is 30.9 Å². The summed E-state index contributed by atoms with van der Waals surface area (Å²) in [5, 5.41) is 20.8. The lowest BCUT2D eigenvalue weighted by atomic mass is 10.3. The molecule has 1 aromatic heterocycles. The first-order valence-corrected chi connectivity index (χ1v) is 5.29. The Bertz CT molecular complexity index is 498. The van der Waals surface area contributed by atoms with Gasteiger partial charge in [-0.1, -0.05) is 0 Å². The van der Waals surface area contributed by atoms with E-state index in [1.54, 1.807) is 7.11 Å². The second kappa shape index (κ2) is 5.03. The minimum Gasteiger partial charge on any atom is -0.497 e. The van der Waals surface area contributed by atoms with E-state index < -0.39 is 6.10 Å². The van der Waals surface area contributed by atoms with E-state index in [0.29, 0.717) is 5.95 Å². The number of aliphatic hydroxyl groups excluding tert-OH is 2. The van der Waals surface area contributed by atoms with Crippen LogP contribution in [0.5, 0.6) is 5.75 Å². The number of hydrogen-bond donors (Lipinski definition) is 4. The van der Waals surface area contributed by atoms with Crippen molar-refractivity contribution in [3.8, 4) is 5.75 Å². The highest BCUT2D eigenvalue weighted by atomic mass is 16.5. The van der Waals surface area contributed by atoms with E-state index in [2.05, 4.69) is 15.3 Å². The summed E-state index contributed by atoms with van der Waals surface area (Å²) in [4.78, 5) is 7.33. The molecular weight excluding hydrogens is 222 g/mol. The topological polar surface area (TPSA) is 90.4 Å². The van der Waals surface area contributed by atoms with Gasteiger partial charge in [0.2, 0.25) is 5.95 Å². The van der Waals surface area contributed by atoms with E-state index >= 15 is 0 Å². The summed E-state index contributed by atoms with van der Waals surface area (Å²) >= 11 is 0. The molecule has 0 saturated carbocycles. The molecule has 4 N–H and O–H groups in total. The zero-order chi connectivity index (χ0) is 12.3. The number of anilines is 1. The standard InChI is InChI=1S/C11H15N3O3/c1-17-8-2-3-9-10(4-8)14-11(13-9)12-5-7(16)6-15/h2-4,7,15-16H,5-6H2,1H3,(H2,12,13,14). The van der Waals surface area contributed by atoms with Crippen LogP contribution in [0.25, 0.3) is 11.0 Å². The largest absolute Gasteiger partial charge is 0.497 e. The number of nitrogens with zero attached hydrogens (tertiary/aromatic N) is 1. The van der Waals surface area contributed by atoms with Gasteiger partial charge in [-0.3, -0.25) is 0 Å². The summed E-state index contributed by atoms with van der Waals surface area (Å²) in [6.07, 6.45) is -0.794. The maximum absolute atomic E-state index is 9.20. The monoisotopic (exact) mass is 237 g/mol. The molecule has 0 saturated heterocycles. The molecule has 0 spiro atoms. The molecule has 0 aliphatic heterocycles. The van der Waals surface area contributed by atoms with Crippen LogP contribution in [-0.4, -0.2) is 46.5 Å². The molecule has 17 heavy (non-hydrogen) atoms. The quantitative estimate of drug-likeness (QED) is 0.602. The molecule has 0 bridgehead atoms. The molecule has 0 amide bonds. The highest BCUT2D eigenvalue weighted by Crippen LogP contribution is 2.20. The SMILES string of the molecule is COc1ccc2nc(NCC(O)CO)[nH]c2c1. The van der Waals surface area contributed by atoms with E-state index in [4.69, 9.17) is 9.84 Å². The first kappa shape index (κ1) is 11.7. The summed E-state index contributed by atoms with van der Waals surface area (Å²) < 4.78 is 5.11. The number of fused-ring (bicyclic) bond motifs is 1. The van der Waals surface area contributed by atoms with Crippen molar-refractivity contribution in [2.75, 3.05) is 25.6 Å². The maximum Gasteiger partial charge on any atom is 0.201 e. The first-order chi connectivity index (χ1) is 8.22. The van der Waals surface area contributed by atoms with Crippen LogP contribution < -0.4 is 10.1 Å². The number of aromatic amines is 1. The van der Waals surface area contributed by atoms with Crippen LogP contribution in [0, 0.1) is 0 Å². The van der Waals surface area contributed by atoms with Crippen molar-refractivity contribution < 1.29 is 14.9 Å². The zero-order valence-corrected chi connectivity index (χ0v) is 9.47. The smallest absolute Gasteiger partial charge is 0.201 e. The van der Waals surface area contributed by atoms with Crippen molar-refractivity contribution in [1.82, 2.24) is 9.97 Å². The van der Waals surface area contributed by atoms with Crippen LogP contribution in [0.1, 0.15) is 0 Å². The average Bonchev–Trinajstić information content (AvgIpc) is 2.77. The maximum atomic E-state index is 9.20. The summed E-state index contributed by atoms with van der Waals surface area (Å²) in [7, 11) is 1.61. The Morgan fingerprint density at radius 2 is 2.35 bits per heavy atom. The van der Waals surface area contributed by atoms with Crippen molar-refractivity contribution in [3.63, 3.8) is 0 Å². The van der Waals surface area contributed by atoms with Gasteiger partial charge in [-0.05, 0) is 12.1 Å². The lowest BCUT2D eigenvalue weighted by Crippen LogP contribution is -2.23. The fourth-order valence-electron chi connectivity index (χ4n) is 1.48. The Morgan fingerprint density at radius 1 is 1.53 bits per heavy atom. The Hall–Kier alpha value is -1.79. The van der Waals surface area contributed by atoms with Crippen molar-refractivity contribution in [2.45, 2.75) is 6.10 Å². The van der Waals surface area contributed by atoms with Gasteiger partial charge in [0.1, 0.15) is 5.75 Å². The minimum absolute atomic E-state index is 0.244. The van der Waals surface area contributed by atoms with Gasteiger partial charge in [0.25, 0.3) is 0 Å². The third kappa shape index (κ3) is 2.66. The van der Waals surface area contributed by atoms with Gasteiger partial charge < -0.3 is 25.3 Å². The number of H-pyrrole nitrogens is 1. The molecule has 0 radical (unpaired) electrons. The van der Waals surface area contributed by atoms with Gasteiger partial charge in [0.15, 0.2) is 0 Å². The lowest BCUT2D eigenvalue weighted by Gasteiger charge is -2.06. The van der Waals surface area contributed by atoms with Crippen molar-refractivity contribution >= 4 is 17.0 Å². The predicted molar refractivity (Wildman–Crippen MR) is 64.2 cm³/mol. The predicted octanol–water partition coefficient (Wildman–Crippen LogP) is 0.337. The highest BCUT2D eigenvalue weighted by molar-refractivity contribution is 5.79. The summed E-state index contributed by atoms with van der Waals surface area (Å²) in [5.74, 6) is 1.31. The van der Waals surface area contributed by atoms with E-state index in [1.165, 1.54) is 0 Å².